The minimum absolute atomic E-state index is 0.111. The second-order valence-electron chi connectivity index (χ2n) is 6.97. The smallest absolute Gasteiger partial charge is 0.243 e. The van der Waals surface area contributed by atoms with Gasteiger partial charge in [0.2, 0.25) is 15.9 Å². The summed E-state index contributed by atoms with van der Waals surface area (Å²) in [4.78, 5) is 16.8. The second kappa shape index (κ2) is 7.85. The Balaban J connectivity index is 1.63. The minimum atomic E-state index is -3.40. The average molecular weight is 365 g/mol. The summed E-state index contributed by atoms with van der Waals surface area (Å²) in [6, 6.07) is 6.81. The number of amides is 1. The molecular weight excluding hydrogens is 338 g/mol. The van der Waals surface area contributed by atoms with Gasteiger partial charge < -0.3 is 9.80 Å². The molecule has 2 saturated heterocycles. The molecule has 25 heavy (non-hydrogen) atoms. The van der Waals surface area contributed by atoms with Gasteiger partial charge in [-0.25, -0.2) is 8.42 Å². The van der Waals surface area contributed by atoms with Crippen LogP contribution in [0.15, 0.2) is 29.2 Å². The first-order valence-corrected chi connectivity index (χ1v) is 10.5. The van der Waals surface area contributed by atoms with E-state index in [-0.39, 0.29) is 5.91 Å². The van der Waals surface area contributed by atoms with E-state index in [1.54, 1.807) is 28.6 Å². The monoisotopic (exact) mass is 365 g/mol. The van der Waals surface area contributed by atoms with Crippen molar-refractivity contribution in [3.05, 3.63) is 29.8 Å². The van der Waals surface area contributed by atoms with Crippen molar-refractivity contribution in [1.82, 2.24) is 14.1 Å². The number of benzene rings is 1. The number of nitrogens with zero attached hydrogens (tertiary/aromatic N) is 3. The average Bonchev–Trinajstić information content (AvgIpc) is 2.63. The van der Waals surface area contributed by atoms with Crippen molar-refractivity contribution in [1.29, 1.82) is 0 Å². The molecule has 1 aromatic carbocycles. The molecule has 0 N–H and O–H groups in total. The van der Waals surface area contributed by atoms with Gasteiger partial charge in [0.25, 0.3) is 0 Å². The summed E-state index contributed by atoms with van der Waals surface area (Å²) >= 11 is 0. The van der Waals surface area contributed by atoms with Crippen molar-refractivity contribution >= 4 is 15.9 Å². The maximum absolute atomic E-state index is 12.6. The molecule has 2 aliphatic heterocycles. The van der Waals surface area contributed by atoms with Crippen molar-refractivity contribution in [2.24, 2.45) is 0 Å². The first kappa shape index (κ1) is 18.4. The van der Waals surface area contributed by atoms with E-state index in [1.807, 2.05) is 4.90 Å². The molecule has 2 fully saturated rings. The van der Waals surface area contributed by atoms with Gasteiger partial charge in [0.15, 0.2) is 0 Å². The van der Waals surface area contributed by atoms with Crippen molar-refractivity contribution in [3.8, 4) is 0 Å². The predicted molar refractivity (Wildman–Crippen MR) is 96.8 cm³/mol. The highest BCUT2D eigenvalue weighted by Gasteiger charge is 2.26. The molecule has 0 aromatic heterocycles. The molecule has 2 aliphatic rings. The lowest BCUT2D eigenvalue weighted by Gasteiger charge is -2.32. The summed E-state index contributed by atoms with van der Waals surface area (Å²) in [7, 11) is -1.34. The summed E-state index contributed by atoms with van der Waals surface area (Å²) in [5.74, 6) is 0.111. The van der Waals surface area contributed by atoms with Crippen LogP contribution in [-0.4, -0.2) is 74.7 Å². The zero-order valence-electron chi connectivity index (χ0n) is 14.9. The van der Waals surface area contributed by atoms with Gasteiger partial charge in [-0.15, -0.1) is 0 Å². The Kier molecular flexibility index (Phi) is 5.76. The van der Waals surface area contributed by atoms with E-state index in [9.17, 15) is 13.2 Å². The third-order valence-corrected chi connectivity index (χ3v) is 7.00. The number of hydrogen-bond donors (Lipinski definition) is 0. The summed E-state index contributed by atoms with van der Waals surface area (Å²) in [6.45, 7) is 4.53. The Morgan fingerprint density at radius 2 is 1.52 bits per heavy atom. The first-order chi connectivity index (χ1) is 12.0. The molecule has 3 rings (SSSR count). The Hall–Kier alpha value is -1.44. The van der Waals surface area contributed by atoms with Gasteiger partial charge in [-0.1, -0.05) is 18.6 Å². The standard InChI is InChI=1S/C18H27N3O3S/c1-19-11-13-20(14-12-19)18(22)15-16-5-7-17(8-6-16)25(23,24)21-9-3-2-4-10-21/h5-8H,2-4,9-15H2,1H3. The minimum Gasteiger partial charge on any atom is -0.340 e. The van der Waals surface area contributed by atoms with E-state index in [2.05, 4.69) is 11.9 Å². The van der Waals surface area contributed by atoms with Crippen molar-refractivity contribution in [3.63, 3.8) is 0 Å². The molecule has 0 aliphatic carbocycles. The van der Waals surface area contributed by atoms with Crippen LogP contribution in [0, 0.1) is 0 Å². The molecule has 1 aromatic rings. The lowest BCUT2D eigenvalue weighted by Crippen LogP contribution is -2.47. The van der Waals surface area contributed by atoms with Crippen LogP contribution >= 0.6 is 0 Å². The van der Waals surface area contributed by atoms with E-state index >= 15 is 0 Å². The molecule has 0 unspecified atom stereocenters. The molecule has 0 bridgehead atoms. The highest BCUT2D eigenvalue weighted by molar-refractivity contribution is 7.89. The van der Waals surface area contributed by atoms with Gasteiger partial charge >= 0.3 is 0 Å². The number of piperidine rings is 1. The number of hydrogen-bond acceptors (Lipinski definition) is 4. The fourth-order valence-electron chi connectivity index (χ4n) is 3.38. The van der Waals surface area contributed by atoms with Crippen LogP contribution in [-0.2, 0) is 21.2 Å². The Labute approximate surface area is 150 Å². The molecular formula is C18H27N3O3S. The van der Waals surface area contributed by atoms with Gasteiger partial charge in [0.1, 0.15) is 0 Å². The maximum Gasteiger partial charge on any atom is 0.243 e. The van der Waals surface area contributed by atoms with Gasteiger partial charge in [-0.3, -0.25) is 4.79 Å². The van der Waals surface area contributed by atoms with Crippen molar-refractivity contribution < 1.29 is 13.2 Å². The third kappa shape index (κ3) is 4.40. The second-order valence-corrected chi connectivity index (χ2v) is 8.91. The van der Waals surface area contributed by atoms with E-state index in [0.717, 1.165) is 51.0 Å². The van der Waals surface area contributed by atoms with Crippen LogP contribution in [0.25, 0.3) is 0 Å². The topological polar surface area (TPSA) is 60.9 Å². The summed E-state index contributed by atoms with van der Waals surface area (Å²) in [5.41, 5.74) is 0.863. The number of carbonyl (C=O) groups is 1. The number of sulfonamides is 1. The molecule has 6 nitrogen and oxygen atoms in total. The van der Waals surface area contributed by atoms with Gasteiger partial charge in [0.05, 0.1) is 11.3 Å². The quantitative estimate of drug-likeness (QED) is 0.804. The van der Waals surface area contributed by atoms with Crippen LogP contribution in [0.5, 0.6) is 0 Å². The third-order valence-electron chi connectivity index (χ3n) is 5.09. The molecule has 2 heterocycles. The molecule has 7 heteroatoms. The molecule has 0 spiro atoms. The van der Waals surface area contributed by atoms with Gasteiger partial charge in [-0.2, -0.15) is 4.31 Å². The van der Waals surface area contributed by atoms with Crippen LogP contribution in [0.2, 0.25) is 0 Å². The molecule has 138 valence electrons. The number of piperazine rings is 1. The largest absolute Gasteiger partial charge is 0.340 e. The van der Waals surface area contributed by atoms with Crippen LogP contribution in [0.3, 0.4) is 0 Å². The summed E-state index contributed by atoms with van der Waals surface area (Å²) < 4.78 is 26.9. The highest BCUT2D eigenvalue weighted by atomic mass is 32.2. The number of likely N-dealkylation sites (N-methyl/N-ethyl adjacent to an activating group) is 1. The summed E-state index contributed by atoms with van der Waals surface area (Å²) in [6.07, 6.45) is 3.28. The maximum atomic E-state index is 12.6. The number of rotatable bonds is 4. The van der Waals surface area contributed by atoms with Gasteiger partial charge in [0, 0.05) is 39.3 Å². The molecule has 1 amide bonds. The van der Waals surface area contributed by atoms with E-state index in [4.69, 9.17) is 0 Å². The Morgan fingerprint density at radius 3 is 2.12 bits per heavy atom. The fraction of sp³-hybridized carbons (Fsp3) is 0.611. The Morgan fingerprint density at radius 1 is 0.920 bits per heavy atom. The normalized spacial score (nSPS) is 20.6. The van der Waals surface area contributed by atoms with E-state index in [1.165, 1.54) is 0 Å². The highest BCUT2D eigenvalue weighted by Crippen LogP contribution is 2.21. The van der Waals surface area contributed by atoms with Crippen LogP contribution in [0.4, 0.5) is 0 Å². The molecule has 0 saturated carbocycles. The summed E-state index contributed by atoms with van der Waals surface area (Å²) in [5, 5.41) is 0. The van der Waals surface area contributed by atoms with Crippen molar-refractivity contribution in [2.75, 3.05) is 46.3 Å². The predicted octanol–water partition coefficient (Wildman–Crippen LogP) is 1.18. The first-order valence-electron chi connectivity index (χ1n) is 9.02. The van der Waals surface area contributed by atoms with Gasteiger partial charge in [-0.05, 0) is 37.6 Å². The Bertz CT molecular complexity index is 689. The van der Waals surface area contributed by atoms with Crippen LogP contribution in [0.1, 0.15) is 24.8 Å². The lowest BCUT2D eigenvalue weighted by atomic mass is 10.1. The molecule has 0 atom stereocenters. The van der Waals surface area contributed by atoms with E-state index < -0.39 is 10.0 Å². The fourth-order valence-corrected chi connectivity index (χ4v) is 4.89. The zero-order valence-corrected chi connectivity index (χ0v) is 15.7. The molecule has 0 radical (unpaired) electrons. The van der Waals surface area contributed by atoms with Crippen LogP contribution < -0.4 is 0 Å². The zero-order chi connectivity index (χ0) is 17.9. The lowest BCUT2D eigenvalue weighted by molar-refractivity contribution is -0.132. The SMILES string of the molecule is CN1CCN(C(=O)Cc2ccc(S(=O)(=O)N3CCCCC3)cc2)CC1. The number of carbonyl (C=O) groups excluding carboxylic acids is 1. The van der Waals surface area contributed by atoms with E-state index in [0.29, 0.717) is 24.4 Å². The van der Waals surface area contributed by atoms with Crippen molar-refractivity contribution in [2.45, 2.75) is 30.6 Å².